The van der Waals surface area contributed by atoms with Gasteiger partial charge in [-0.05, 0) is 133 Å². The number of esters is 5. The second-order valence-corrected chi connectivity index (χ2v) is 19.1. The Labute approximate surface area is 487 Å². The molecule has 0 aromatic heterocycles. The maximum Gasteiger partial charge on any atom is 0.343 e. The normalized spacial score (nSPS) is 10.1. The highest BCUT2D eigenvalue weighted by Gasteiger charge is 2.23. The molecule has 0 aliphatic rings. The summed E-state index contributed by atoms with van der Waals surface area (Å²) in [7, 11) is 0. The van der Waals surface area contributed by atoms with Gasteiger partial charge >= 0.3 is 29.8 Å². The fourth-order valence-corrected chi connectivity index (χ4v) is 7.67. The van der Waals surface area contributed by atoms with Gasteiger partial charge in [-0.2, -0.15) is 0 Å². The van der Waals surface area contributed by atoms with Gasteiger partial charge in [0.25, 0.3) is 0 Å². The van der Waals surface area contributed by atoms with E-state index in [9.17, 15) is 28.8 Å². The first-order chi connectivity index (χ1) is 40.0. The van der Waals surface area contributed by atoms with E-state index in [1.54, 1.807) is 164 Å². The van der Waals surface area contributed by atoms with Crippen molar-refractivity contribution in [1.29, 1.82) is 0 Å². The van der Waals surface area contributed by atoms with Crippen LogP contribution in [0.5, 0.6) is 28.7 Å². The van der Waals surface area contributed by atoms with E-state index in [-0.39, 0.29) is 40.6 Å². The van der Waals surface area contributed by atoms with Gasteiger partial charge in [0.15, 0.2) is 28.8 Å². The number of ether oxygens (including phenoxy) is 5. The summed E-state index contributed by atoms with van der Waals surface area (Å²) >= 11 is 0. The van der Waals surface area contributed by atoms with Gasteiger partial charge in [-0.15, -0.1) is 0 Å². The molecular weight excluding hydrogens is 1040 g/mol. The largest absolute Gasteiger partial charge is 0.422 e. The molecule has 0 amide bonds. The highest BCUT2D eigenvalue weighted by atomic mass is 16.6. The molecule has 0 fully saturated rings. The maximum atomic E-state index is 12.6. The molecule has 424 valence electrons. The highest BCUT2D eigenvalue weighted by molar-refractivity contribution is 5.99. The Morgan fingerprint density at radius 1 is 0.325 bits per heavy atom. The van der Waals surface area contributed by atoms with Crippen molar-refractivity contribution in [2.24, 2.45) is 0 Å². The summed E-state index contributed by atoms with van der Waals surface area (Å²) in [6.07, 6.45) is 0.189. The van der Waals surface area contributed by atoms with Crippen molar-refractivity contribution in [2.45, 2.75) is 81.1 Å². The molecule has 11 heteroatoms. The lowest BCUT2D eigenvalue weighted by molar-refractivity contribution is 0.0682. The van der Waals surface area contributed by atoms with Crippen molar-refractivity contribution in [3.8, 4) is 28.7 Å². The average Bonchev–Trinajstić information content (AvgIpc) is 3.73. The van der Waals surface area contributed by atoms with E-state index in [1.165, 1.54) is 0 Å². The number of aryl methyl sites for hydroxylation is 3. The molecule has 9 aromatic rings. The fourth-order valence-electron chi connectivity index (χ4n) is 7.67. The standard InChI is InChI=1S/C24H22O4.C23H20O3.C21H16O4.2C2H6/c1-24(2,3)19-14-15-20(27-22(25)17-10-6-4-7-11-17)21(16-19)28-23(26)18-12-8-5-9-13-18;1-16-13-14-17(2)22(26-23(25)19-11-7-4-8-12-19)20(16)15-21(24)18-9-5-3-6-10-18;1-15-12-13-18(24-20(22)16-8-4-2-5-9-16)19(14-15)25-21(23)17-10-6-3-7-11-17;2*1-2/h4-16H,1-3H3;3-14H,15H2,1-2H3;2-14H,1H3;2*1-2H3. The first kappa shape index (κ1) is 63.8. The van der Waals surface area contributed by atoms with Crippen LogP contribution in [0.1, 0.15) is 138 Å². The van der Waals surface area contributed by atoms with Crippen molar-refractivity contribution >= 4 is 35.6 Å². The third-order valence-electron chi connectivity index (χ3n) is 12.1. The Bertz CT molecular complexity index is 3460. The van der Waals surface area contributed by atoms with Gasteiger partial charge in [0.05, 0.1) is 27.8 Å². The minimum absolute atomic E-state index is 0.00342. The summed E-state index contributed by atoms with van der Waals surface area (Å²) in [5.41, 5.74) is 7.01. The number of ketones is 1. The van der Waals surface area contributed by atoms with Gasteiger partial charge in [0.1, 0.15) is 5.75 Å². The van der Waals surface area contributed by atoms with Gasteiger partial charge in [-0.1, -0.05) is 194 Å². The van der Waals surface area contributed by atoms with Crippen LogP contribution in [0.4, 0.5) is 0 Å². The minimum atomic E-state index is -0.513. The second-order valence-electron chi connectivity index (χ2n) is 19.1. The summed E-state index contributed by atoms with van der Waals surface area (Å²) in [5, 5.41) is 0. The molecule has 0 N–H and O–H groups in total. The molecule has 11 nitrogen and oxygen atoms in total. The van der Waals surface area contributed by atoms with E-state index < -0.39 is 29.8 Å². The van der Waals surface area contributed by atoms with Crippen LogP contribution in [0.2, 0.25) is 0 Å². The van der Waals surface area contributed by atoms with E-state index in [4.69, 9.17) is 23.7 Å². The zero-order valence-corrected chi connectivity index (χ0v) is 48.6. The lowest BCUT2D eigenvalue weighted by Crippen LogP contribution is -2.15. The van der Waals surface area contributed by atoms with Gasteiger partial charge in [0.2, 0.25) is 0 Å². The molecule has 0 unspecified atom stereocenters. The van der Waals surface area contributed by atoms with Crippen LogP contribution in [0.3, 0.4) is 0 Å². The van der Waals surface area contributed by atoms with E-state index >= 15 is 0 Å². The fraction of sp³-hybridized carbons (Fsp3) is 0.167. The van der Waals surface area contributed by atoms with Crippen LogP contribution in [0, 0.1) is 20.8 Å². The van der Waals surface area contributed by atoms with E-state index in [0.29, 0.717) is 39.1 Å². The molecule has 9 rings (SSSR count). The Morgan fingerprint density at radius 3 is 0.988 bits per heavy atom. The monoisotopic (exact) mass is 1110 g/mol. The van der Waals surface area contributed by atoms with E-state index in [1.807, 2.05) is 115 Å². The molecule has 9 aromatic carbocycles. The number of benzene rings is 9. The molecule has 0 aliphatic heterocycles. The summed E-state index contributed by atoms with van der Waals surface area (Å²) in [6, 6.07) is 66.8. The van der Waals surface area contributed by atoms with Gasteiger partial charge in [-0.3, -0.25) is 4.79 Å². The van der Waals surface area contributed by atoms with Crippen LogP contribution < -0.4 is 23.7 Å². The summed E-state index contributed by atoms with van der Waals surface area (Å²) in [5.74, 6) is -1.18. The van der Waals surface area contributed by atoms with Crippen molar-refractivity contribution in [1.82, 2.24) is 0 Å². The molecule has 0 aliphatic carbocycles. The molecule has 0 radical (unpaired) electrons. The van der Waals surface area contributed by atoms with E-state index in [2.05, 4.69) is 20.8 Å². The molecule has 0 saturated carbocycles. The highest BCUT2D eigenvalue weighted by Crippen LogP contribution is 2.35. The van der Waals surface area contributed by atoms with Gasteiger partial charge in [0, 0.05) is 17.5 Å². The minimum Gasteiger partial charge on any atom is -0.422 e. The molecular formula is C72H70O11. The number of hydrogen-bond donors (Lipinski definition) is 0. The third kappa shape index (κ3) is 19.4. The molecule has 0 saturated heterocycles. The topological polar surface area (TPSA) is 149 Å². The number of rotatable bonds is 13. The SMILES string of the molecule is CC.CC.CC(C)(C)c1ccc(OC(=O)c2ccccc2)c(OC(=O)c2ccccc2)c1.Cc1ccc(C)c(OC(=O)c2ccccc2)c1CC(=O)c1ccccc1.Cc1ccc(OC(=O)c2ccccc2)c(OC(=O)c2ccccc2)c1. The second kappa shape index (κ2) is 32.3. The predicted octanol–water partition coefficient (Wildman–Crippen LogP) is 16.9. The Hall–Kier alpha value is -10.0. The third-order valence-corrected chi connectivity index (χ3v) is 12.1. The van der Waals surface area contributed by atoms with Crippen molar-refractivity contribution < 1.29 is 52.5 Å². The van der Waals surface area contributed by atoms with Crippen LogP contribution in [0.25, 0.3) is 0 Å². The maximum absolute atomic E-state index is 12.6. The average molecular weight is 1110 g/mol. The van der Waals surface area contributed by atoms with Crippen LogP contribution in [-0.2, 0) is 11.8 Å². The first-order valence-electron chi connectivity index (χ1n) is 27.3. The Morgan fingerprint density at radius 2 is 0.627 bits per heavy atom. The van der Waals surface area contributed by atoms with Crippen LogP contribution >= 0.6 is 0 Å². The molecule has 0 heterocycles. The molecule has 83 heavy (non-hydrogen) atoms. The number of carbonyl (C=O) groups excluding carboxylic acids is 6. The van der Waals surface area contributed by atoms with Crippen molar-refractivity contribution in [3.05, 3.63) is 292 Å². The zero-order valence-electron chi connectivity index (χ0n) is 48.6. The smallest absolute Gasteiger partial charge is 0.343 e. The predicted molar refractivity (Wildman–Crippen MR) is 326 cm³/mol. The van der Waals surface area contributed by atoms with Gasteiger partial charge < -0.3 is 23.7 Å². The van der Waals surface area contributed by atoms with Crippen molar-refractivity contribution in [3.63, 3.8) is 0 Å². The zero-order chi connectivity index (χ0) is 60.3. The summed E-state index contributed by atoms with van der Waals surface area (Å²) in [4.78, 5) is 74.6. The number of Topliss-reactive ketones (excluding diaryl/α,β-unsaturated/α-hetero) is 1. The molecule has 0 bridgehead atoms. The quantitative estimate of drug-likeness (QED) is 0.0617. The molecule has 0 spiro atoms. The first-order valence-corrected chi connectivity index (χ1v) is 27.3. The summed E-state index contributed by atoms with van der Waals surface area (Å²) in [6.45, 7) is 19.8. The summed E-state index contributed by atoms with van der Waals surface area (Å²) < 4.78 is 27.6. The lowest BCUT2D eigenvalue weighted by Gasteiger charge is -2.21. The van der Waals surface area contributed by atoms with Crippen LogP contribution in [-0.4, -0.2) is 35.6 Å². The van der Waals surface area contributed by atoms with Crippen LogP contribution in [0.15, 0.2) is 231 Å². The Balaban J connectivity index is 0.000000221. The van der Waals surface area contributed by atoms with E-state index in [0.717, 1.165) is 27.8 Å². The number of carbonyl (C=O) groups is 6. The lowest BCUT2D eigenvalue weighted by atomic mass is 9.87. The van der Waals surface area contributed by atoms with Crippen molar-refractivity contribution in [2.75, 3.05) is 0 Å². The van der Waals surface area contributed by atoms with Gasteiger partial charge in [-0.25, -0.2) is 24.0 Å². The molecule has 0 atom stereocenters. The Kier molecular flexibility index (Phi) is 24.8. The number of hydrogen-bond acceptors (Lipinski definition) is 11.